The number of hydrogen-bond donors (Lipinski definition) is 0. The highest BCUT2D eigenvalue weighted by molar-refractivity contribution is 5.95. The first kappa shape index (κ1) is 11.2. The van der Waals surface area contributed by atoms with E-state index in [-0.39, 0.29) is 11.4 Å². The Kier molecular flexibility index (Phi) is 2.52. The van der Waals surface area contributed by atoms with Gasteiger partial charge in [-0.1, -0.05) is 0 Å². The summed E-state index contributed by atoms with van der Waals surface area (Å²) in [5, 5.41) is 4.18. The highest BCUT2D eigenvalue weighted by Gasteiger charge is 2.31. The molecule has 1 aromatic rings. The fourth-order valence-electron chi connectivity index (χ4n) is 2.23. The van der Waals surface area contributed by atoms with Crippen LogP contribution in [0.1, 0.15) is 43.2 Å². The van der Waals surface area contributed by atoms with E-state index in [9.17, 15) is 4.79 Å². The number of rotatable bonds is 0. The normalized spacial score (nSPS) is 17.2. The second-order valence-electron chi connectivity index (χ2n) is 5.36. The van der Waals surface area contributed by atoms with Crippen LogP contribution in [0.4, 0.5) is 0 Å². The highest BCUT2D eigenvalue weighted by atomic mass is 16.2. The Morgan fingerprint density at radius 1 is 1.38 bits per heavy atom. The van der Waals surface area contributed by atoms with Crippen molar-refractivity contribution in [2.24, 2.45) is 7.05 Å². The number of fused-ring (bicyclic) bond motifs is 1. The van der Waals surface area contributed by atoms with Crippen LogP contribution in [0.5, 0.6) is 0 Å². The summed E-state index contributed by atoms with van der Waals surface area (Å²) in [5.41, 5.74) is 1.72. The molecule has 1 aliphatic rings. The SMILES string of the molecule is Cn1ncc2c1CCCN(C(C)(C)C)C2=O. The van der Waals surface area contributed by atoms with Crippen molar-refractivity contribution in [3.63, 3.8) is 0 Å². The minimum Gasteiger partial charge on any atom is -0.334 e. The maximum Gasteiger partial charge on any atom is 0.257 e. The molecule has 2 heterocycles. The molecule has 1 aliphatic heterocycles. The largest absolute Gasteiger partial charge is 0.334 e. The van der Waals surface area contributed by atoms with Gasteiger partial charge >= 0.3 is 0 Å². The van der Waals surface area contributed by atoms with Gasteiger partial charge < -0.3 is 4.90 Å². The molecule has 1 amide bonds. The summed E-state index contributed by atoms with van der Waals surface area (Å²) in [4.78, 5) is 14.3. The molecule has 2 rings (SSSR count). The van der Waals surface area contributed by atoms with E-state index in [1.54, 1.807) is 6.20 Å². The second kappa shape index (κ2) is 3.61. The van der Waals surface area contributed by atoms with Crippen LogP contribution in [0.25, 0.3) is 0 Å². The average Bonchev–Trinajstić information content (AvgIpc) is 2.42. The molecule has 4 nitrogen and oxygen atoms in total. The standard InChI is InChI=1S/C12H19N3O/c1-12(2,3)15-7-5-6-10-9(11(15)16)8-13-14(10)4/h8H,5-7H2,1-4H3. The highest BCUT2D eigenvalue weighted by Crippen LogP contribution is 2.23. The molecule has 4 heteroatoms. The summed E-state index contributed by atoms with van der Waals surface area (Å²) in [6.07, 6.45) is 3.64. The first-order valence-electron chi connectivity index (χ1n) is 5.74. The van der Waals surface area contributed by atoms with Crippen molar-refractivity contribution in [2.75, 3.05) is 6.54 Å². The molecule has 0 aliphatic carbocycles. The minimum atomic E-state index is -0.117. The van der Waals surface area contributed by atoms with Crippen LogP contribution in [0.15, 0.2) is 6.20 Å². The van der Waals surface area contributed by atoms with E-state index in [1.807, 2.05) is 16.6 Å². The van der Waals surface area contributed by atoms with Gasteiger partial charge in [-0.05, 0) is 33.6 Å². The average molecular weight is 221 g/mol. The summed E-state index contributed by atoms with van der Waals surface area (Å²) in [5.74, 6) is 0.119. The summed E-state index contributed by atoms with van der Waals surface area (Å²) < 4.78 is 1.82. The van der Waals surface area contributed by atoms with Gasteiger partial charge in [0.1, 0.15) is 0 Å². The molecule has 0 bridgehead atoms. The van der Waals surface area contributed by atoms with Gasteiger partial charge in [0.05, 0.1) is 17.5 Å². The summed E-state index contributed by atoms with van der Waals surface area (Å²) in [6.45, 7) is 7.06. The molecule has 0 atom stereocenters. The van der Waals surface area contributed by atoms with Crippen molar-refractivity contribution < 1.29 is 4.79 Å². The van der Waals surface area contributed by atoms with E-state index in [1.165, 1.54) is 0 Å². The van der Waals surface area contributed by atoms with Crippen LogP contribution in [0, 0.1) is 0 Å². The number of aromatic nitrogens is 2. The van der Waals surface area contributed by atoms with Gasteiger partial charge in [-0.2, -0.15) is 5.10 Å². The third kappa shape index (κ3) is 1.72. The first-order valence-corrected chi connectivity index (χ1v) is 5.74. The van der Waals surface area contributed by atoms with E-state index >= 15 is 0 Å². The maximum absolute atomic E-state index is 12.4. The number of aryl methyl sites for hydroxylation is 1. The van der Waals surface area contributed by atoms with Crippen molar-refractivity contribution in [1.29, 1.82) is 0 Å². The quantitative estimate of drug-likeness (QED) is 0.667. The number of nitrogens with zero attached hydrogens (tertiary/aromatic N) is 3. The lowest BCUT2D eigenvalue weighted by atomic mass is 10.1. The van der Waals surface area contributed by atoms with Gasteiger partial charge in [-0.15, -0.1) is 0 Å². The minimum absolute atomic E-state index is 0.117. The molecule has 1 aromatic heterocycles. The molecule has 0 spiro atoms. The molecule has 0 saturated carbocycles. The Morgan fingerprint density at radius 2 is 2.06 bits per heavy atom. The van der Waals surface area contributed by atoms with Crippen LogP contribution in [0.3, 0.4) is 0 Å². The van der Waals surface area contributed by atoms with E-state index < -0.39 is 0 Å². The lowest BCUT2D eigenvalue weighted by Crippen LogP contribution is -2.45. The molecule has 16 heavy (non-hydrogen) atoms. The van der Waals surface area contributed by atoms with Crippen LogP contribution < -0.4 is 0 Å². The van der Waals surface area contributed by atoms with Gasteiger partial charge in [0.2, 0.25) is 0 Å². The van der Waals surface area contributed by atoms with Gasteiger partial charge in [0.15, 0.2) is 0 Å². The smallest absolute Gasteiger partial charge is 0.257 e. The lowest BCUT2D eigenvalue weighted by molar-refractivity contribution is 0.0590. The van der Waals surface area contributed by atoms with E-state index in [0.29, 0.717) is 0 Å². The summed E-state index contributed by atoms with van der Waals surface area (Å²) >= 11 is 0. The van der Waals surface area contributed by atoms with Gasteiger partial charge in [-0.25, -0.2) is 0 Å². The Morgan fingerprint density at radius 3 is 2.69 bits per heavy atom. The van der Waals surface area contributed by atoms with Crippen molar-refractivity contribution in [2.45, 2.75) is 39.2 Å². The summed E-state index contributed by atoms with van der Waals surface area (Å²) in [6, 6.07) is 0. The van der Waals surface area contributed by atoms with Crippen molar-refractivity contribution in [1.82, 2.24) is 14.7 Å². The number of carbonyl (C=O) groups is 1. The van der Waals surface area contributed by atoms with Gasteiger partial charge in [0, 0.05) is 19.1 Å². The fourth-order valence-corrected chi connectivity index (χ4v) is 2.23. The third-order valence-electron chi connectivity index (χ3n) is 3.14. The number of hydrogen-bond acceptors (Lipinski definition) is 2. The van der Waals surface area contributed by atoms with Crippen molar-refractivity contribution in [3.05, 3.63) is 17.5 Å². The molecule has 0 saturated heterocycles. The molecule has 0 radical (unpaired) electrons. The molecule has 0 aromatic carbocycles. The fraction of sp³-hybridized carbons (Fsp3) is 0.667. The van der Waals surface area contributed by atoms with Crippen LogP contribution in [-0.4, -0.2) is 32.7 Å². The van der Waals surface area contributed by atoms with E-state index in [0.717, 1.165) is 30.6 Å². The van der Waals surface area contributed by atoms with Gasteiger partial charge in [0.25, 0.3) is 5.91 Å². The number of carbonyl (C=O) groups excluding carboxylic acids is 1. The summed E-state index contributed by atoms with van der Waals surface area (Å²) in [7, 11) is 1.90. The number of amides is 1. The molecule has 0 fully saturated rings. The lowest BCUT2D eigenvalue weighted by Gasteiger charge is -2.34. The predicted molar refractivity (Wildman–Crippen MR) is 62.3 cm³/mol. The first-order chi connectivity index (χ1) is 7.41. The zero-order valence-corrected chi connectivity index (χ0v) is 10.4. The zero-order valence-electron chi connectivity index (χ0n) is 10.4. The Hall–Kier alpha value is -1.32. The van der Waals surface area contributed by atoms with E-state index in [4.69, 9.17) is 0 Å². The van der Waals surface area contributed by atoms with Crippen molar-refractivity contribution >= 4 is 5.91 Å². The van der Waals surface area contributed by atoms with Crippen LogP contribution >= 0.6 is 0 Å². The molecular formula is C12H19N3O. The topological polar surface area (TPSA) is 38.1 Å². The molecule has 88 valence electrons. The monoisotopic (exact) mass is 221 g/mol. The second-order valence-corrected chi connectivity index (χ2v) is 5.36. The Balaban J connectivity index is 2.42. The molecule has 0 N–H and O–H groups in total. The zero-order chi connectivity index (χ0) is 11.9. The van der Waals surface area contributed by atoms with E-state index in [2.05, 4.69) is 25.9 Å². The molecular weight excluding hydrogens is 202 g/mol. The van der Waals surface area contributed by atoms with Crippen molar-refractivity contribution in [3.8, 4) is 0 Å². The van der Waals surface area contributed by atoms with Gasteiger partial charge in [-0.3, -0.25) is 9.48 Å². The molecule has 0 unspecified atom stereocenters. The van der Waals surface area contributed by atoms with Crippen LogP contribution in [0.2, 0.25) is 0 Å². The maximum atomic E-state index is 12.4. The Labute approximate surface area is 96.2 Å². The Bertz CT molecular complexity index is 414. The van der Waals surface area contributed by atoms with Crippen LogP contribution in [-0.2, 0) is 13.5 Å². The third-order valence-corrected chi connectivity index (χ3v) is 3.14. The predicted octanol–water partition coefficient (Wildman–Crippen LogP) is 1.61.